The van der Waals surface area contributed by atoms with Crippen LogP contribution in [0.1, 0.15) is 54.7 Å². The number of carbonyl (C=O) groups excluding carboxylic acids is 1. The lowest BCUT2D eigenvalue weighted by Crippen LogP contribution is -2.19. The van der Waals surface area contributed by atoms with Gasteiger partial charge in [0, 0.05) is 10.6 Å². The van der Waals surface area contributed by atoms with Crippen molar-refractivity contribution in [2.45, 2.75) is 39.7 Å². The van der Waals surface area contributed by atoms with Crippen molar-refractivity contribution in [3.8, 4) is 5.75 Å². The van der Waals surface area contributed by atoms with E-state index in [4.69, 9.17) is 16.3 Å². The summed E-state index contributed by atoms with van der Waals surface area (Å²) in [6.45, 7) is 8.84. The van der Waals surface area contributed by atoms with Crippen LogP contribution in [-0.2, 0) is 12.0 Å². The summed E-state index contributed by atoms with van der Waals surface area (Å²) in [6.07, 6.45) is 0. The van der Waals surface area contributed by atoms with E-state index >= 15 is 0 Å². The summed E-state index contributed by atoms with van der Waals surface area (Å²) in [6, 6.07) is 22.7. The van der Waals surface area contributed by atoms with Crippen LogP contribution in [0, 0.1) is 0 Å². The zero-order chi connectivity index (χ0) is 22.4. The molecule has 3 aromatic rings. The molecule has 0 saturated carbocycles. The molecule has 0 heterocycles. The van der Waals surface area contributed by atoms with Gasteiger partial charge in [0.1, 0.15) is 12.4 Å². The third kappa shape index (κ3) is 6.43. The second-order valence-corrected chi connectivity index (χ2v) is 8.84. The molecule has 3 aromatic carbocycles. The summed E-state index contributed by atoms with van der Waals surface area (Å²) in [7, 11) is 0. The molecule has 31 heavy (non-hydrogen) atoms. The molecule has 0 radical (unpaired) electrons. The minimum atomic E-state index is -0.269. The van der Waals surface area contributed by atoms with Gasteiger partial charge < -0.3 is 4.74 Å². The minimum Gasteiger partial charge on any atom is -0.489 e. The molecule has 0 spiro atoms. The van der Waals surface area contributed by atoms with Gasteiger partial charge in [-0.25, -0.2) is 5.43 Å². The zero-order valence-corrected chi connectivity index (χ0v) is 19.0. The largest absolute Gasteiger partial charge is 0.489 e. The Morgan fingerprint density at radius 3 is 2.06 bits per heavy atom. The van der Waals surface area contributed by atoms with Crippen molar-refractivity contribution in [1.82, 2.24) is 5.43 Å². The summed E-state index contributed by atoms with van der Waals surface area (Å²) >= 11 is 5.89. The fourth-order valence-corrected chi connectivity index (χ4v) is 3.05. The average molecular weight is 435 g/mol. The van der Waals surface area contributed by atoms with Crippen LogP contribution >= 0.6 is 11.6 Å². The van der Waals surface area contributed by atoms with Gasteiger partial charge in [0.25, 0.3) is 5.91 Å². The van der Waals surface area contributed by atoms with Gasteiger partial charge in [-0.1, -0.05) is 68.8 Å². The van der Waals surface area contributed by atoms with Gasteiger partial charge in [0.05, 0.1) is 5.71 Å². The molecule has 0 saturated heterocycles. The number of ether oxygens (including phenoxy) is 1. The molecule has 0 fully saturated rings. The van der Waals surface area contributed by atoms with Gasteiger partial charge >= 0.3 is 0 Å². The number of nitrogens with zero attached hydrogens (tertiary/aromatic N) is 1. The van der Waals surface area contributed by atoms with Gasteiger partial charge in [0.2, 0.25) is 0 Å². The van der Waals surface area contributed by atoms with E-state index in [-0.39, 0.29) is 11.3 Å². The van der Waals surface area contributed by atoms with Gasteiger partial charge in [0.15, 0.2) is 0 Å². The van der Waals surface area contributed by atoms with Crippen molar-refractivity contribution in [2.75, 3.05) is 0 Å². The molecular weight excluding hydrogens is 408 g/mol. The van der Waals surface area contributed by atoms with E-state index in [1.807, 2.05) is 43.3 Å². The second-order valence-electron chi connectivity index (χ2n) is 8.41. The molecule has 160 valence electrons. The molecule has 1 amide bonds. The summed E-state index contributed by atoms with van der Waals surface area (Å²) in [4.78, 5) is 12.4. The SMILES string of the molecule is C/C(=N/NC(=O)c1ccc(OCc2ccc(Cl)cc2)cc1)c1ccc(C(C)(C)C)cc1. The molecule has 0 aliphatic carbocycles. The van der Waals surface area contributed by atoms with Gasteiger partial charge in [-0.2, -0.15) is 5.10 Å². The van der Waals surface area contributed by atoms with E-state index in [9.17, 15) is 4.79 Å². The zero-order valence-electron chi connectivity index (χ0n) is 18.3. The number of hydrogen-bond donors (Lipinski definition) is 1. The Bertz CT molecular complexity index is 1050. The van der Waals surface area contributed by atoms with Crippen LogP contribution in [0.15, 0.2) is 77.9 Å². The molecule has 0 aromatic heterocycles. The number of rotatable bonds is 6. The van der Waals surface area contributed by atoms with Crippen LogP contribution < -0.4 is 10.2 Å². The van der Waals surface area contributed by atoms with E-state index in [1.54, 1.807) is 24.3 Å². The lowest BCUT2D eigenvalue weighted by Gasteiger charge is -2.19. The van der Waals surface area contributed by atoms with E-state index in [0.717, 1.165) is 16.8 Å². The van der Waals surface area contributed by atoms with E-state index in [0.29, 0.717) is 22.9 Å². The Morgan fingerprint density at radius 1 is 0.903 bits per heavy atom. The molecule has 5 heteroatoms. The molecule has 0 aliphatic rings. The quantitative estimate of drug-likeness (QED) is 0.362. The summed E-state index contributed by atoms with van der Waals surface area (Å²) in [5, 5.41) is 4.94. The third-order valence-corrected chi connectivity index (χ3v) is 5.18. The third-order valence-electron chi connectivity index (χ3n) is 4.93. The Labute approximate surface area is 188 Å². The highest BCUT2D eigenvalue weighted by Crippen LogP contribution is 2.22. The van der Waals surface area contributed by atoms with Gasteiger partial charge in [-0.3, -0.25) is 4.79 Å². The number of halogens is 1. The number of benzene rings is 3. The molecule has 1 N–H and O–H groups in total. The summed E-state index contributed by atoms with van der Waals surface area (Å²) < 4.78 is 5.75. The first-order chi connectivity index (χ1) is 14.7. The first-order valence-electron chi connectivity index (χ1n) is 10.2. The van der Waals surface area contributed by atoms with E-state index in [1.165, 1.54) is 5.56 Å². The molecular formula is C26H27ClN2O2. The van der Waals surface area contributed by atoms with E-state index in [2.05, 4.69) is 43.4 Å². The Kier molecular flexibility index (Phi) is 7.13. The van der Waals surface area contributed by atoms with Gasteiger partial charge in [-0.15, -0.1) is 0 Å². The fourth-order valence-electron chi connectivity index (χ4n) is 2.92. The standard InChI is InChI=1S/C26H27ClN2O2/c1-18(20-7-11-22(12-8-20)26(2,3)4)28-29-25(30)21-9-15-24(16-10-21)31-17-19-5-13-23(27)14-6-19/h5-16H,17H2,1-4H3,(H,29,30)/b28-18-. The van der Waals surface area contributed by atoms with Crippen LogP contribution in [0.2, 0.25) is 5.02 Å². The summed E-state index contributed by atoms with van der Waals surface area (Å²) in [5.41, 5.74) is 7.23. The number of carbonyl (C=O) groups is 1. The Hall–Kier alpha value is -3.11. The topological polar surface area (TPSA) is 50.7 Å². The maximum atomic E-state index is 12.4. The lowest BCUT2D eigenvalue weighted by atomic mass is 9.86. The molecule has 0 atom stereocenters. The predicted molar refractivity (Wildman–Crippen MR) is 127 cm³/mol. The maximum absolute atomic E-state index is 12.4. The molecule has 0 unspecified atom stereocenters. The molecule has 4 nitrogen and oxygen atoms in total. The van der Waals surface area contributed by atoms with Crippen LogP contribution in [0.25, 0.3) is 0 Å². The van der Waals surface area contributed by atoms with Crippen molar-refractivity contribution in [3.05, 3.63) is 100 Å². The van der Waals surface area contributed by atoms with Crippen molar-refractivity contribution < 1.29 is 9.53 Å². The number of hydrazone groups is 1. The summed E-state index contributed by atoms with van der Waals surface area (Å²) in [5.74, 6) is 0.417. The minimum absolute atomic E-state index is 0.0997. The number of amides is 1. The van der Waals surface area contributed by atoms with E-state index < -0.39 is 0 Å². The van der Waals surface area contributed by atoms with Crippen LogP contribution in [0.5, 0.6) is 5.75 Å². The highest BCUT2D eigenvalue weighted by molar-refractivity contribution is 6.30. The average Bonchev–Trinajstić information content (AvgIpc) is 2.76. The van der Waals surface area contributed by atoms with Crippen molar-refractivity contribution >= 4 is 23.2 Å². The maximum Gasteiger partial charge on any atom is 0.271 e. The number of hydrogen-bond acceptors (Lipinski definition) is 3. The smallest absolute Gasteiger partial charge is 0.271 e. The Morgan fingerprint density at radius 2 is 1.48 bits per heavy atom. The normalized spacial score (nSPS) is 11.8. The Balaban J connectivity index is 1.56. The van der Waals surface area contributed by atoms with Crippen LogP contribution in [0.3, 0.4) is 0 Å². The van der Waals surface area contributed by atoms with Gasteiger partial charge in [-0.05, 0) is 65.4 Å². The van der Waals surface area contributed by atoms with Crippen LogP contribution in [-0.4, -0.2) is 11.6 Å². The first-order valence-corrected chi connectivity index (χ1v) is 10.5. The van der Waals surface area contributed by atoms with Crippen LogP contribution in [0.4, 0.5) is 0 Å². The molecule has 0 bridgehead atoms. The fraction of sp³-hybridized carbons (Fsp3) is 0.231. The molecule has 0 aliphatic heterocycles. The van der Waals surface area contributed by atoms with Crippen molar-refractivity contribution in [2.24, 2.45) is 5.10 Å². The highest BCUT2D eigenvalue weighted by atomic mass is 35.5. The molecule has 3 rings (SSSR count). The monoisotopic (exact) mass is 434 g/mol. The predicted octanol–water partition coefficient (Wildman–Crippen LogP) is 6.37. The van der Waals surface area contributed by atoms with Crippen molar-refractivity contribution in [1.29, 1.82) is 0 Å². The van der Waals surface area contributed by atoms with Crippen molar-refractivity contribution in [3.63, 3.8) is 0 Å². The number of nitrogens with one attached hydrogen (secondary N) is 1. The lowest BCUT2D eigenvalue weighted by molar-refractivity contribution is 0.0955. The first kappa shape index (κ1) is 22.6. The highest BCUT2D eigenvalue weighted by Gasteiger charge is 2.13. The second kappa shape index (κ2) is 9.80.